The van der Waals surface area contributed by atoms with Gasteiger partial charge in [-0.1, -0.05) is 0 Å². The summed E-state index contributed by atoms with van der Waals surface area (Å²) in [5.41, 5.74) is 0.809. The minimum absolute atomic E-state index is 0.190. The Morgan fingerprint density at radius 1 is 0.769 bits per heavy atom. The molecule has 2 fully saturated rings. The predicted octanol–water partition coefficient (Wildman–Crippen LogP) is 1.03. The molecular weight excluding hydrogens is 340 g/mol. The Morgan fingerprint density at radius 3 is 1.54 bits per heavy atom. The highest BCUT2D eigenvalue weighted by Gasteiger charge is 2.51. The smallest absolute Gasteiger partial charge is 0.338 e. The zero-order valence-electron chi connectivity index (χ0n) is 13.7. The molecule has 0 N–H and O–H groups in total. The largest absolute Gasteiger partial charge is 0.453 e. The van der Waals surface area contributed by atoms with E-state index in [1.807, 2.05) is 0 Å². The molecule has 0 saturated carbocycles. The average molecular weight is 356 g/mol. The normalized spacial score (nSPS) is 26.9. The van der Waals surface area contributed by atoms with Crippen molar-refractivity contribution in [3.8, 4) is 0 Å². The minimum Gasteiger partial charge on any atom is -0.453 e. The number of rotatable bonds is 4. The molecule has 0 radical (unpaired) electrons. The van der Waals surface area contributed by atoms with Crippen molar-refractivity contribution in [2.24, 2.45) is 0 Å². The molecule has 2 aliphatic rings. The van der Waals surface area contributed by atoms with Gasteiger partial charge in [-0.3, -0.25) is 9.97 Å². The maximum atomic E-state index is 12.2. The fourth-order valence-electron chi connectivity index (χ4n) is 3.02. The predicted molar refractivity (Wildman–Crippen MR) is 86.4 cm³/mol. The number of nitrogens with zero attached hydrogens (tertiary/aromatic N) is 2. The van der Waals surface area contributed by atoms with Crippen LogP contribution in [-0.4, -0.2) is 59.5 Å². The Kier molecular flexibility index (Phi) is 4.59. The number of esters is 2. The first-order chi connectivity index (χ1) is 12.7. The van der Waals surface area contributed by atoms with Crippen LogP contribution in [-0.2, 0) is 18.9 Å². The number of hydrogen-bond acceptors (Lipinski definition) is 8. The number of carbonyl (C=O) groups is 2. The molecule has 0 spiro atoms. The summed E-state index contributed by atoms with van der Waals surface area (Å²) in [4.78, 5) is 32.1. The Balaban J connectivity index is 1.37. The van der Waals surface area contributed by atoms with E-state index >= 15 is 0 Å². The third-order valence-corrected chi connectivity index (χ3v) is 4.31. The molecule has 2 aromatic rings. The molecule has 0 aromatic carbocycles. The Hall–Kier alpha value is -2.84. The van der Waals surface area contributed by atoms with Crippen LogP contribution in [0.1, 0.15) is 20.7 Å². The number of ether oxygens (including phenoxy) is 4. The van der Waals surface area contributed by atoms with Gasteiger partial charge < -0.3 is 18.9 Å². The van der Waals surface area contributed by atoms with Gasteiger partial charge in [-0.2, -0.15) is 0 Å². The second kappa shape index (κ2) is 7.19. The lowest BCUT2D eigenvalue weighted by atomic mass is 10.1. The maximum Gasteiger partial charge on any atom is 0.338 e. The van der Waals surface area contributed by atoms with Crippen LogP contribution in [0.5, 0.6) is 0 Å². The van der Waals surface area contributed by atoms with Gasteiger partial charge >= 0.3 is 11.9 Å². The van der Waals surface area contributed by atoms with Crippen molar-refractivity contribution < 1.29 is 28.5 Å². The maximum absolute atomic E-state index is 12.2. The van der Waals surface area contributed by atoms with E-state index in [9.17, 15) is 9.59 Å². The average Bonchev–Trinajstić information content (AvgIpc) is 3.27. The van der Waals surface area contributed by atoms with E-state index in [1.165, 1.54) is 24.8 Å². The molecule has 4 atom stereocenters. The van der Waals surface area contributed by atoms with Gasteiger partial charge in [0.2, 0.25) is 0 Å². The molecular formula is C18H16N2O6. The van der Waals surface area contributed by atoms with Crippen LogP contribution >= 0.6 is 0 Å². The van der Waals surface area contributed by atoms with Crippen molar-refractivity contribution in [2.45, 2.75) is 24.4 Å². The van der Waals surface area contributed by atoms with Gasteiger partial charge in [0.15, 0.2) is 12.2 Å². The highest BCUT2D eigenvalue weighted by molar-refractivity contribution is 5.89. The molecule has 134 valence electrons. The second-order valence-electron chi connectivity index (χ2n) is 5.96. The molecule has 8 nitrogen and oxygen atoms in total. The van der Waals surface area contributed by atoms with Crippen LogP contribution in [0.4, 0.5) is 0 Å². The van der Waals surface area contributed by atoms with Crippen LogP contribution in [0.3, 0.4) is 0 Å². The first-order valence-corrected chi connectivity index (χ1v) is 8.17. The van der Waals surface area contributed by atoms with Crippen molar-refractivity contribution in [3.05, 3.63) is 60.2 Å². The number of aromatic nitrogens is 2. The molecule has 2 saturated heterocycles. The van der Waals surface area contributed by atoms with Crippen molar-refractivity contribution in [1.82, 2.24) is 9.97 Å². The summed E-state index contributed by atoms with van der Waals surface area (Å²) < 4.78 is 22.3. The highest BCUT2D eigenvalue weighted by Crippen LogP contribution is 2.31. The molecule has 0 aliphatic carbocycles. The number of hydrogen-bond donors (Lipinski definition) is 0. The summed E-state index contributed by atoms with van der Waals surface area (Å²) in [6.07, 6.45) is 4.05. The molecule has 26 heavy (non-hydrogen) atoms. The fourth-order valence-corrected chi connectivity index (χ4v) is 3.02. The standard InChI is InChI=1S/C18H16N2O6/c21-17(11-1-5-19-6-2-11)25-13-9-23-16-14(10-24-15(13)16)26-18(22)12-3-7-20-8-4-12/h1-8,13-16H,9-10H2/t13-,14-,15-,16-/m1/s1. The lowest BCUT2D eigenvalue weighted by Crippen LogP contribution is -2.36. The summed E-state index contributed by atoms with van der Waals surface area (Å²) in [5, 5.41) is 0. The highest BCUT2D eigenvalue weighted by atomic mass is 16.7. The first kappa shape index (κ1) is 16.6. The topological polar surface area (TPSA) is 96.8 Å². The summed E-state index contributed by atoms with van der Waals surface area (Å²) >= 11 is 0. The lowest BCUT2D eigenvalue weighted by Gasteiger charge is -2.17. The molecule has 4 heterocycles. The van der Waals surface area contributed by atoms with E-state index in [1.54, 1.807) is 24.3 Å². The van der Waals surface area contributed by atoms with Crippen molar-refractivity contribution in [1.29, 1.82) is 0 Å². The summed E-state index contributed by atoms with van der Waals surface area (Å²) in [6.45, 7) is 0.380. The van der Waals surface area contributed by atoms with Gasteiger partial charge in [-0.25, -0.2) is 9.59 Å². The molecule has 0 unspecified atom stereocenters. The summed E-state index contributed by atoms with van der Waals surface area (Å²) in [6, 6.07) is 6.30. The Morgan fingerprint density at radius 2 is 1.15 bits per heavy atom. The van der Waals surface area contributed by atoms with Crippen LogP contribution < -0.4 is 0 Å². The van der Waals surface area contributed by atoms with Crippen LogP contribution in [0.25, 0.3) is 0 Å². The molecule has 2 aromatic heterocycles. The quantitative estimate of drug-likeness (QED) is 0.749. The molecule has 0 amide bonds. The van der Waals surface area contributed by atoms with Gasteiger partial charge in [0.25, 0.3) is 0 Å². The van der Waals surface area contributed by atoms with Crippen LogP contribution in [0, 0.1) is 0 Å². The van der Waals surface area contributed by atoms with E-state index in [0.29, 0.717) is 11.1 Å². The summed E-state index contributed by atoms with van der Waals surface area (Å²) in [5.74, 6) is -0.940. The van der Waals surface area contributed by atoms with Gasteiger partial charge in [-0.05, 0) is 24.3 Å². The molecule has 2 aliphatic heterocycles. The van der Waals surface area contributed by atoms with Gasteiger partial charge in [0.05, 0.1) is 24.3 Å². The third-order valence-electron chi connectivity index (χ3n) is 4.31. The van der Waals surface area contributed by atoms with E-state index in [0.717, 1.165) is 0 Å². The van der Waals surface area contributed by atoms with Crippen molar-refractivity contribution >= 4 is 11.9 Å². The first-order valence-electron chi connectivity index (χ1n) is 8.17. The zero-order valence-corrected chi connectivity index (χ0v) is 13.7. The van der Waals surface area contributed by atoms with Gasteiger partial charge in [0.1, 0.15) is 12.2 Å². The third kappa shape index (κ3) is 3.29. The van der Waals surface area contributed by atoms with Crippen molar-refractivity contribution in [2.75, 3.05) is 13.2 Å². The Labute approximate surface area is 149 Å². The fraction of sp³-hybridized carbons (Fsp3) is 0.333. The minimum atomic E-state index is -0.551. The van der Waals surface area contributed by atoms with E-state index in [-0.39, 0.29) is 13.2 Å². The van der Waals surface area contributed by atoms with Gasteiger partial charge in [-0.15, -0.1) is 0 Å². The second-order valence-corrected chi connectivity index (χ2v) is 5.96. The lowest BCUT2D eigenvalue weighted by molar-refractivity contribution is -0.0287. The van der Waals surface area contributed by atoms with E-state index in [4.69, 9.17) is 18.9 Å². The number of pyridine rings is 2. The van der Waals surface area contributed by atoms with Crippen LogP contribution in [0.15, 0.2) is 49.1 Å². The molecule has 4 rings (SSSR count). The van der Waals surface area contributed by atoms with E-state index in [2.05, 4.69) is 9.97 Å². The van der Waals surface area contributed by atoms with E-state index < -0.39 is 36.4 Å². The number of fused-ring (bicyclic) bond motifs is 1. The van der Waals surface area contributed by atoms with Crippen LogP contribution in [0.2, 0.25) is 0 Å². The zero-order chi connectivity index (χ0) is 17.9. The van der Waals surface area contributed by atoms with Gasteiger partial charge in [0, 0.05) is 24.8 Å². The van der Waals surface area contributed by atoms with Crippen molar-refractivity contribution in [3.63, 3.8) is 0 Å². The molecule has 0 bridgehead atoms. The number of carbonyl (C=O) groups excluding carboxylic acids is 2. The summed E-state index contributed by atoms with van der Waals surface area (Å²) in [7, 11) is 0. The molecule has 8 heteroatoms. The Bertz CT molecular complexity index is 717. The monoisotopic (exact) mass is 356 g/mol. The SMILES string of the molecule is O=C(O[C@@H]1CO[C@H]2[C@@H]1OC[C@H]2OC(=O)c1ccncc1)c1ccncc1.